The smallest absolute Gasteiger partial charge is 0.309 e. The molecule has 5 nitrogen and oxygen atoms in total. The fourth-order valence-corrected chi connectivity index (χ4v) is 3.30. The summed E-state index contributed by atoms with van der Waals surface area (Å²) in [5, 5.41) is 4.53. The van der Waals surface area contributed by atoms with Crippen LogP contribution in [-0.2, 0) is 9.53 Å². The van der Waals surface area contributed by atoms with Crippen molar-refractivity contribution in [3.8, 4) is 0 Å². The molecule has 0 aliphatic heterocycles. The van der Waals surface area contributed by atoms with Crippen LogP contribution in [0.4, 0.5) is 0 Å². The molecule has 1 aliphatic rings. The van der Waals surface area contributed by atoms with Gasteiger partial charge in [0.15, 0.2) is 0 Å². The van der Waals surface area contributed by atoms with E-state index in [1.165, 1.54) is 17.8 Å². The van der Waals surface area contributed by atoms with Crippen molar-refractivity contribution in [2.75, 3.05) is 7.11 Å². The van der Waals surface area contributed by atoms with Crippen LogP contribution in [0.15, 0.2) is 12.3 Å². The zero-order valence-electron chi connectivity index (χ0n) is 11.8. The molecule has 2 aromatic rings. The highest BCUT2D eigenvalue weighted by Crippen LogP contribution is 2.38. The molecule has 0 aromatic carbocycles. The number of carbonyl (C=O) groups excluding carboxylic acids is 1. The zero-order chi connectivity index (χ0) is 15.0. The molecule has 3 rings (SSSR count). The number of methoxy groups -OCH3 is 1. The molecule has 0 saturated heterocycles. The second-order valence-corrected chi connectivity index (χ2v) is 5.75. The van der Waals surface area contributed by atoms with Gasteiger partial charge in [-0.05, 0) is 24.4 Å². The van der Waals surface area contributed by atoms with Crippen LogP contribution < -0.4 is 5.46 Å². The number of esters is 1. The fourth-order valence-electron chi connectivity index (χ4n) is 3.07. The number of ether oxygens (including phenoxy) is 1. The van der Waals surface area contributed by atoms with E-state index < -0.39 is 0 Å². The Hall–Kier alpha value is -1.56. The molecule has 0 bridgehead atoms. The molecule has 1 saturated carbocycles. The molecule has 1 fully saturated rings. The Morgan fingerprint density at radius 3 is 3.00 bits per heavy atom. The normalized spacial score (nSPS) is 22.4. The molecule has 7 heteroatoms. The predicted molar refractivity (Wildman–Crippen MR) is 80.1 cm³/mol. The van der Waals surface area contributed by atoms with Gasteiger partial charge < -0.3 is 4.74 Å². The van der Waals surface area contributed by atoms with E-state index in [0.29, 0.717) is 16.3 Å². The zero-order valence-corrected chi connectivity index (χ0v) is 12.5. The lowest BCUT2D eigenvalue weighted by Gasteiger charge is -2.29. The lowest BCUT2D eigenvalue weighted by atomic mass is 9.77. The van der Waals surface area contributed by atoms with Gasteiger partial charge in [-0.15, -0.1) is 0 Å². The first-order valence-corrected chi connectivity index (χ1v) is 7.37. The van der Waals surface area contributed by atoms with Crippen molar-refractivity contribution >= 4 is 36.5 Å². The summed E-state index contributed by atoms with van der Waals surface area (Å²) >= 11 is 6.24. The highest BCUT2D eigenvalue weighted by Gasteiger charge is 2.34. The quantitative estimate of drug-likeness (QED) is 0.481. The molecule has 1 aliphatic carbocycles. The van der Waals surface area contributed by atoms with Crippen LogP contribution >= 0.6 is 11.6 Å². The number of hydrogen-bond donors (Lipinski definition) is 0. The molecule has 21 heavy (non-hydrogen) atoms. The van der Waals surface area contributed by atoms with Gasteiger partial charge in [0.2, 0.25) is 0 Å². The Morgan fingerprint density at radius 1 is 1.48 bits per heavy atom. The van der Waals surface area contributed by atoms with Crippen LogP contribution in [0.25, 0.3) is 5.65 Å². The number of nitrogens with zero attached hydrogens (tertiary/aromatic N) is 3. The Morgan fingerprint density at radius 2 is 2.24 bits per heavy atom. The van der Waals surface area contributed by atoms with Crippen LogP contribution in [0.5, 0.6) is 0 Å². The van der Waals surface area contributed by atoms with E-state index in [4.69, 9.17) is 24.2 Å². The summed E-state index contributed by atoms with van der Waals surface area (Å²) in [7, 11) is 7.29. The number of rotatable bonds is 2. The monoisotopic (exact) mass is 303 g/mol. The third kappa shape index (κ3) is 2.53. The number of halogens is 1. The fraction of sp³-hybridized carbons (Fsp3) is 0.500. The van der Waals surface area contributed by atoms with Gasteiger partial charge in [0, 0.05) is 17.8 Å². The average Bonchev–Trinajstić information content (AvgIpc) is 2.88. The molecule has 2 aromatic heterocycles. The van der Waals surface area contributed by atoms with E-state index in [0.717, 1.165) is 31.4 Å². The molecule has 2 atom stereocenters. The molecule has 108 valence electrons. The Kier molecular flexibility index (Phi) is 3.89. The summed E-state index contributed by atoms with van der Waals surface area (Å²) in [6.45, 7) is 0. The molecule has 2 radical (unpaired) electrons. The van der Waals surface area contributed by atoms with Crippen LogP contribution in [-0.4, -0.2) is 35.5 Å². The van der Waals surface area contributed by atoms with Crippen LogP contribution in [0.2, 0.25) is 5.15 Å². The van der Waals surface area contributed by atoms with Gasteiger partial charge in [-0.25, -0.2) is 9.50 Å². The minimum Gasteiger partial charge on any atom is -0.469 e. The lowest BCUT2D eigenvalue weighted by Crippen LogP contribution is -2.27. The maximum Gasteiger partial charge on any atom is 0.309 e. The van der Waals surface area contributed by atoms with E-state index in [-0.39, 0.29) is 17.8 Å². The summed E-state index contributed by atoms with van der Waals surface area (Å²) < 4.78 is 6.42. The van der Waals surface area contributed by atoms with Crippen molar-refractivity contribution < 1.29 is 9.53 Å². The van der Waals surface area contributed by atoms with Crippen molar-refractivity contribution in [1.29, 1.82) is 0 Å². The SMILES string of the molecule is [B]c1cnn2c(Cl)cc([C@@H]3CCCC[C@@H]3C(=O)OC)nc12. The first kappa shape index (κ1) is 14.4. The van der Waals surface area contributed by atoms with Gasteiger partial charge in [-0.2, -0.15) is 5.10 Å². The highest BCUT2D eigenvalue weighted by atomic mass is 35.5. The Labute approximate surface area is 129 Å². The lowest BCUT2D eigenvalue weighted by molar-refractivity contribution is -0.147. The Bertz CT molecular complexity index is 688. The highest BCUT2D eigenvalue weighted by molar-refractivity contribution is 6.36. The molecule has 0 amide bonds. The summed E-state index contributed by atoms with van der Waals surface area (Å²) in [6, 6.07) is 1.77. The van der Waals surface area contributed by atoms with Gasteiger partial charge in [-0.1, -0.05) is 24.4 Å². The summed E-state index contributed by atoms with van der Waals surface area (Å²) in [5.41, 5.74) is 1.80. The first-order valence-electron chi connectivity index (χ1n) is 6.99. The first-order chi connectivity index (χ1) is 10.1. The van der Waals surface area contributed by atoms with Crippen LogP contribution in [0.3, 0.4) is 0 Å². The van der Waals surface area contributed by atoms with Gasteiger partial charge >= 0.3 is 5.97 Å². The van der Waals surface area contributed by atoms with Crippen LogP contribution in [0.1, 0.15) is 37.3 Å². The van der Waals surface area contributed by atoms with Gasteiger partial charge in [0.05, 0.1) is 13.0 Å². The van der Waals surface area contributed by atoms with Crippen molar-refractivity contribution in [2.24, 2.45) is 5.92 Å². The van der Waals surface area contributed by atoms with Crippen molar-refractivity contribution in [1.82, 2.24) is 14.6 Å². The topological polar surface area (TPSA) is 56.5 Å². The van der Waals surface area contributed by atoms with Crippen molar-refractivity contribution in [3.05, 3.63) is 23.1 Å². The maximum atomic E-state index is 12.0. The summed E-state index contributed by atoms with van der Waals surface area (Å²) in [4.78, 5) is 16.6. The largest absolute Gasteiger partial charge is 0.469 e. The van der Waals surface area contributed by atoms with Gasteiger partial charge in [0.1, 0.15) is 18.6 Å². The Balaban J connectivity index is 2.05. The molecule has 0 N–H and O–H groups in total. The van der Waals surface area contributed by atoms with E-state index >= 15 is 0 Å². The number of aromatic nitrogens is 3. The minimum absolute atomic E-state index is 0.0167. The summed E-state index contributed by atoms with van der Waals surface area (Å²) in [5.74, 6) is -0.333. The molecule has 0 unspecified atom stereocenters. The summed E-state index contributed by atoms with van der Waals surface area (Å²) in [6.07, 6.45) is 5.33. The van der Waals surface area contributed by atoms with E-state index in [1.807, 2.05) is 0 Å². The van der Waals surface area contributed by atoms with Crippen molar-refractivity contribution in [2.45, 2.75) is 31.6 Å². The van der Waals surface area contributed by atoms with E-state index in [9.17, 15) is 4.79 Å². The molecular formula is C14H15BClN3O2. The minimum atomic E-state index is -0.182. The standard InChI is InChI=1S/C14H15BClN3O2/c1-21-14(20)9-5-3-2-4-8(9)11-6-12(16)19-13(18-11)10(15)7-17-19/h6-9H,2-5H2,1H3/t8-,9+/m1/s1. The number of carbonyl (C=O) groups is 1. The third-order valence-electron chi connectivity index (χ3n) is 4.13. The van der Waals surface area contributed by atoms with Crippen LogP contribution in [0, 0.1) is 5.92 Å². The second-order valence-electron chi connectivity index (χ2n) is 5.36. The predicted octanol–water partition coefficient (Wildman–Crippen LogP) is 1.62. The van der Waals surface area contributed by atoms with E-state index in [2.05, 4.69) is 10.1 Å². The van der Waals surface area contributed by atoms with Gasteiger partial charge in [-0.3, -0.25) is 4.79 Å². The van der Waals surface area contributed by atoms with Crippen molar-refractivity contribution in [3.63, 3.8) is 0 Å². The second kappa shape index (κ2) is 5.68. The molecule has 0 spiro atoms. The van der Waals surface area contributed by atoms with E-state index in [1.54, 1.807) is 6.07 Å². The number of fused-ring (bicyclic) bond motifs is 1. The molecular weight excluding hydrogens is 288 g/mol. The van der Waals surface area contributed by atoms with Gasteiger partial charge in [0.25, 0.3) is 0 Å². The number of hydrogen-bond acceptors (Lipinski definition) is 4. The molecule has 2 heterocycles. The maximum absolute atomic E-state index is 12.0. The third-order valence-corrected chi connectivity index (χ3v) is 4.39. The average molecular weight is 304 g/mol.